The number of carbonyl (C=O) groups is 3. The van der Waals surface area contributed by atoms with E-state index in [1.165, 1.54) is 35.2 Å². The number of allylic oxidation sites excluding steroid dienone is 1. The first kappa shape index (κ1) is 24.2. The Hall–Kier alpha value is -3.92. The van der Waals surface area contributed by atoms with E-state index in [0.717, 1.165) is 11.8 Å². The van der Waals surface area contributed by atoms with Crippen LogP contribution in [0.25, 0.3) is 0 Å². The zero-order valence-corrected chi connectivity index (χ0v) is 20.0. The van der Waals surface area contributed by atoms with Gasteiger partial charge in [0.15, 0.2) is 5.17 Å². The summed E-state index contributed by atoms with van der Waals surface area (Å²) in [6.07, 6.45) is 1.20. The lowest BCUT2D eigenvalue weighted by Gasteiger charge is -2.38. The predicted molar refractivity (Wildman–Crippen MR) is 130 cm³/mol. The van der Waals surface area contributed by atoms with Gasteiger partial charge in [0.1, 0.15) is 11.6 Å². The number of amides is 2. The van der Waals surface area contributed by atoms with E-state index in [1.807, 2.05) is 0 Å². The first-order chi connectivity index (χ1) is 16.8. The third-order valence-corrected chi connectivity index (χ3v) is 6.33. The van der Waals surface area contributed by atoms with Gasteiger partial charge in [-0.2, -0.15) is 0 Å². The third-order valence-electron chi connectivity index (χ3n) is 5.34. The molecular formula is C25H22FN3O5S. The van der Waals surface area contributed by atoms with Crippen molar-refractivity contribution in [3.05, 3.63) is 82.2 Å². The van der Waals surface area contributed by atoms with Crippen LogP contribution in [0.2, 0.25) is 0 Å². The second-order valence-electron chi connectivity index (χ2n) is 7.57. The van der Waals surface area contributed by atoms with Gasteiger partial charge in [0, 0.05) is 11.8 Å². The van der Waals surface area contributed by atoms with Gasteiger partial charge >= 0.3 is 5.97 Å². The number of hydrogen-bond donors (Lipinski definition) is 1. The number of benzene rings is 2. The van der Waals surface area contributed by atoms with E-state index in [4.69, 9.17) is 9.47 Å². The number of aliphatic imine (C=N–C) groups is 1. The molecule has 10 heteroatoms. The fourth-order valence-electron chi connectivity index (χ4n) is 3.71. The van der Waals surface area contributed by atoms with Crippen molar-refractivity contribution < 1.29 is 28.2 Å². The van der Waals surface area contributed by atoms with Crippen LogP contribution in [0.15, 0.2) is 75.8 Å². The molecule has 2 amide bonds. The van der Waals surface area contributed by atoms with Crippen LogP contribution < -0.4 is 10.1 Å². The Bertz CT molecular complexity index is 1270. The molecule has 0 aliphatic carbocycles. The summed E-state index contributed by atoms with van der Waals surface area (Å²) < 4.78 is 23.9. The van der Waals surface area contributed by atoms with E-state index in [0.29, 0.717) is 22.7 Å². The van der Waals surface area contributed by atoms with Crippen LogP contribution in [-0.2, 0) is 19.1 Å². The molecule has 0 saturated carbocycles. The monoisotopic (exact) mass is 495 g/mol. The number of rotatable bonds is 6. The second kappa shape index (κ2) is 10.1. The number of ether oxygens (including phenoxy) is 2. The molecule has 35 heavy (non-hydrogen) atoms. The van der Waals surface area contributed by atoms with Gasteiger partial charge in [0.25, 0.3) is 11.8 Å². The fourth-order valence-corrected chi connectivity index (χ4v) is 4.68. The van der Waals surface area contributed by atoms with Gasteiger partial charge in [-0.25, -0.2) is 14.2 Å². The molecule has 2 aromatic rings. The largest absolute Gasteiger partial charge is 0.497 e. The van der Waals surface area contributed by atoms with E-state index in [1.54, 1.807) is 45.2 Å². The van der Waals surface area contributed by atoms with Crippen LogP contribution in [-0.4, -0.2) is 41.6 Å². The summed E-state index contributed by atoms with van der Waals surface area (Å²) in [6.45, 7) is 3.45. The normalized spacial score (nSPS) is 17.3. The molecule has 0 aromatic heterocycles. The number of carbonyl (C=O) groups excluding carboxylic acids is 3. The minimum absolute atomic E-state index is 0.139. The van der Waals surface area contributed by atoms with Crippen LogP contribution >= 0.6 is 11.8 Å². The summed E-state index contributed by atoms with van der Waals surface area (Å²) in [4.78, 5) is 44.9. The van der Waals surface area contributed by atoms with Crippen LogP contribution in [0.3, 0.4) is 0 Å². The first-order valence-corrected chi connectivity index (χ1v) is 11.5. The molecular weight excluding hydrogens is 473 g/mol. The van der Waals surface area contributed by atoms with Crippen molar-refractivity contribution >= 4 is 40.4 Å². The van der Waals surface area contributed by atoms with E-state index in [2.05, 4.69) is 10.3 Å². The Kier molecular flexibility index (Phi) is 7.02. The van der Waals surface area contributed by atoms with Crippen molar-refractivity contribution in [1.82, 2.24) is 4.90 Å². The number of thioether (sulfide) groups is 1. The highest BCUT2D eigenvalue weighted by Crippen LogP contribution is 2.42. The number of hydrogen-bond acceptors (Lipinski definition) is 7. The zero-order valence-electron chi connectivity index (χ0n) is 19.2. The average molecular weight is 496 g/mol. The Morgan fingerprint density at radius 1 is 1.14 bits per heavy atom. The predicted octanol–water partition coefficient (Wildman–Crippen LogP) is 4.18. The van der Waals surface area contributed by atoms with Gasteiger partial charge in [-0.05, 0) is 67.6 Å². The van der Waals surface area contributed by atoms with Crippen molar-refractivity contribution in [2.75, 3.05) is 19.0 Å². The van der Waals surface area contributed by atoms with E-state index in [9.17, 15) is 18.8 Å². The highest BCUT2D eigenvalue weighted by molar-refractivity contribution is 8.18. The summed E-state index contributed by atoms with van der Waals surface area (Å²) in [6, 6.07) is 11.4. The second-order valence-corrected chi connectivity index (χ2v) is 8.58. The molecule has 0 radical (unpaired) electrons. The highest BCUT2D eigenvalue weighted by atomic mass is 32.2. The first-order valence-electron chi connectivity index (χ1n) is 10.7. The number of anilines is 1. The zero-order chi connectivity index (χ0) is 25.1. The van der Waals surface area contributed by atoms with Gasteiger partial charge in [-0.1, -0.05) is 12.1 Å². The minimum atomic E-state index is -0.885. The van der Waals surface area contributed by atoms with Crippen molar-refractivity contribution in [2.45, 2.75) is 19.9 Å². The Morgan fingerprint density at radius 3 is 2.46 bits per heavy atom. The fraction of sp³-hybridized carbons (Fsp3) is 0.200. The molecule has 0 saturated heterocycles. The maximum absolute atomic E-state index is 13.6. The lowest BCUT2D eigenvalue weighted by molar-refractivity contribution is -0.139. The molecule has 0 spiro atoms. The van der Waals surface area contributed by atoms with Gasteiger partial charge in [0.2, 0.25) is 0 Å². The molecule has 1 N–H and O–H groups in total. The summed E-state index contributed by atoms with van der Waals surface area (Å²) in [5.41, 5.74) is 1.56. The molecule has 2 aromatic carbocycles. The maximum Gasteiger partial charge on any atom is 0.338 e. The molecule has 2 aliphatic rings. The van der Waals surface area contributed by atoms with Gasteiger partial charge in [-0.3, -0.25) is 14.5 Å². The molecule has 1 atom stereocenters. The van der Waals surface area contributed by atoms with Gasteiger partial charge in [-0.15, -0.1) is 0 Å². The van der Waals surface area contributed by atoms with Crippen LogP contribution in [0.1, 0.15) is 25.5 Å². The lowest BCUT2D eigenvalue weighted by atomic mass is 9.94. The standard InChI is InChI=1S/C25H22FN3O5S/c1-4-34-24(32)21-14(2)27-25-29(22(21)15-5-7-16(26)8-6-15)20(30)13-19(35-25)23(31)28-17-9-11-18(33-3)12-10-17/h5-13,22H,4H2,1-3H3,(H,28,31). The number of nitrogens with one attached hydrogen (secondary N) is 1. The van der Waals surface area contributed by atoms with Gasteiger partial charge in [0.05, 0.1) is 35.9 Å². The van der Waals surface area contributed by atoms with E-state index < -0.39 is 29.6 Å². The van der Waals surface area contributed by atoms with Crippen molar-refractivity contribution in [1.29, 1.82) is 0 Å². The summed E-state index contributed by atoms with van der Waals surface area (Å²) in [5, 5.41) is 2.98. The molecule has 4 rings (SSSR count). The van der Waals surface area contributed by atoms with Crippen LogP contribution in [0, 0.1) is 5.82 Å². The molecule has 180 valence electrons. The SMILES string of the molecule is CCOC(=O)C1=C(C)N=C2SC(C(=O)Nc3ccc(OC)cc3)=CC(=O)N2C1c1ccc(F)cc1. The molecule has 1 unspecified atom stereocenters. The van der Waals surface area contributed by atoms with Crippen molar-refractivity contribution in [2.24, 2.45) is 4.99 Å². The molecule has 8 nitrogen and oxygen atoms in total. The molecule has 2 aliphatic heterocycles. The number of amidine groups is 1. The van der Waals surface area contributed by atoms with Crippen LogP contribution in [0.4, 0.5) is 10.1 Å². The number of fused-ring (bicyclic) bond motifs is 1. The Balaban J connectivity index is 1.69. The number of esters is 1. The molecule has 2 heterocycles. The van der Waals surface area contributed by atoms with Gasteiger partial charge < -0.3 is 14.8 Å². The lowest BCUT2D eigenvalue weighted by Crippen LogP contribution is -2.45. The maximum atomic E-state index is 13.6. The van der Waals surface area contributed by atoms with Crippen molar-refractivity contribution in [3.8, 4) is 5.75 Å². The van der Waals surface area contributed by atoms with Crippen LogP contribution in [0.5, 0.6) is 5.75 Å². The smallest absolute Gasteiger partial charge is 0.338 e. The average Bonchev–Trinajstić information content (AvgIpc) is 2.84. The third kappa shape index (κ3) is 4.97. The number of methoxy groups -OCH3 is 1. The summed E-state index contributed by atoms with van der Waals surface area (Å²) >= 11 is 1.01. The summed E-state index contributed by atoms with van der Waals surface area (Å²) in [7, 11) is 1.54. The number of nitrogens with zero attached hydrogens (tertiary/aromatic N) is 2. The number of halogens is 1. The van der Waals surface area contributed by atoms with Crippen molar-refractivity contribution in [3.63, 3.8) is 0 Å². The molecule has 0 bridgehead atoms. The molecule has 0 fully saturated rings. The minimum Gasteiger partial charge on any atom is -0.497 e. The highest BCUT2D eigenvalue weighted by Gasteiger charge is 2.42. The Morgan fingerprint density at radius 2 is 1.83 bits per heavy atom. The Labute approximate surface area is 205 Å². The summed E-state index contributed by atoms with van der Waals surface area (Å²) in [5.74, 6) is -1.44. The topological polar surface area (TPSA) is 97.3 Å². The van der Waals surface area contributed by atoms with E-state index in [-0.39, 0.29) is 22.3 Å². The quantitative estimate of drug-likeness (QED) is 0.604. The van der Waals surface area contributed by atoms with E-state index >= 15 is 0 Å².